The Hall–Kier alpha value is -2.42. The Morgan fingerprint density at radius 3 is 2.74 bits per heavy atom. The topological polar surface area (TPSA) is 67.8 Å². The Kier molecular flexibility index (Phi) is 8.25. The molecular formula is C18H24F2N4O2S. The van der Waals surface area contributed by atoms with Crippen molar-refractivity contribution >= 4 is 17.3 Å². The van der Waals surface area contributed by atoms with Gasteiger partial charge in [0.25, 0.3) is 0 Å². The summed E-state index contributed by atoms with van der Waals surface area (Å²) < 4.78 is 34.6. The molecule has 2 rings (SSSR count). The van der Waals surface area contributed by atoms with Crippen molar-refractivity contribution in [2.45, 2.75) is 32.9 Å². The number of nitrogens with one attached hydrogen (secondary N) is 2. The summed E-state index contributed by atoms with van der Waals surface area (Å²) in [6, 6.07) is 4.89. The van der Waals surface area contributed by atoms with Crippen LogP contribution >= 0.6 is 11.3 Å². The minimum Gasteiger partial charge on any atom is -0.493 e. The van der Waals surface area contributed by atoms with E-state index >= 15 is 0 Å². The van der Waals surface area contributed by atoms with Gasteiger partial charge in [0.2, 0.25) is 0 Å². The minimum atomic E-state index is -2.91. The van der Waals surface area contributed by atoms with Crippen molar-refractivity contribution in [3.8, 4) is 11.5 Å². The molecular weight excluding hydrogens is 374 g/mol. The summed E-state index contributed by atoms with van der Waals surface area (Å²) in [5.41, 5.74) is 0.766. The maximum absolute atomic E-state index is 12.5. The second kappa shape index (κ2) is 10.7. The number of methoxy groups -OCH3 is 1. The first-order valence-corrected chi connectivity index (χ1v) is 9.37. The van der Waals surface area contributed by atoms with Crippen LogP contribution in [0, 0.1) is 0 Å². The molecule has 1 aromatic heterocycles. The number of aryl methyl sites for hydroxylation is 1. The van der Waals surface area contributed by atoms with E-state index in [4.69, 9.17) is 4.74 Å². The monoisotopic (exact) mass is 398 g/mol. The number of aromatic nitrogens is 1. The summed E-state index contributed by atoms with van der Waals surface area (Å²) in [5.74, 6) is 0.885. The highest BCUT2D eigenvalue weighted by Gasteiger charge is 2.11. The zero-order chi connectivity index (χ0) is 19.6. The average Bonchev–Trinajstić information content (AvgIpc) is 3.12. The lowest BCUT2D eigenvalue weighted by atomic mass is 10.2. The van der Waals surface area contributed by atoms with Crippen molar-refractivity contribution in [2.24, 2.45) is 4.99 Å². The summed E-state index contributed by atoms with van der Waals surface area (Å²) in [4.78, 5) is 9.82. The molecule has 0 radical (unpaired) electrons. The van der Waals surface area contributed by atoms with E-state index in [0.717, 1.165) is 23.4 Å². The average molecular weight is 398 g/mol. The highest BCUT2D eigenvalue weighted by molar-refractivity contribution is 7.11. The lowest BCUT2D eigenvalue weighted by molar-refractivity contribution is -0.0512. The molecule has 2 N–H and O–H groups in total. The quantitative estimate of drug-likeness (QED) is 0.501. The van der Waals surface area contributed by atoms with E-state index in [9.17, 15) is 8.78 Å². The van der Waals surface area contributed by atoms with Gasteiger partial charge in [-0.05, 0) is 24.1 Å². The van der Waals surface area contributed by atoms with Gasteiger partial charge in [-0.2, -0.15) is 8.78 Å². The van der Waals surface area contributed by atoms with E-state index in [-0.39, 0.29) is 11.5 Å². The van der Waals surface area contributed by atoms with Crippen LogP contribution in [0.15, 0.2) is 29.4 Å². The Morgan fingerprint density at radius 2 is 2.11 bits per heavy atom. The Balaban J connectivity index is 1.86. The maximum atomic E-state index is 12.5. The smallest absolute Gasteiger partial charge is 0.387 e. The van der Waals surface area contributed by atoms with Crippen LogP contribution in [0.4, 0.5) is 8.78 Å². The van der Waals surface area contributed by atoms with Gasteiger partial charge < -0.3 is 20.1 Å². The Labute approximate surface area is 161 Å². The molecule has 2 aromatic rings. The molecule has 0 unspecified atom stereocenters. The molecule has 1 aromatic carbocycles. The predicted molar refractivity (Wildman–Crippen MR) is 103 cm³/mol. The summed E-state index contributed by atoms with van der Waals surface area (Å²) >= 11 is 1.71. The van der Waals surface area contributed by atoms with Crippen molar-refractivity contribution < 1.29 is 18.3 Å². The number of thiazole rings is 1. The van der Waals surface area contributed by atoms with Crippen molar-refractivity contribution in [3.63, 3.8) is 0 Å². The standard InChI is InChI=1S/C18H24F2N4O2S/c1-4-13-11-23-16(27-13)7-8-22-18(21-2)24-10-12-5-6-14(25-3)15(9-12)26-17(19)20/h5-6,9,11,17H,4,7-8,10H2,1-3H3,(H2,21,22,24). The number of rotatable bonds is 9. The fourth-order valence-electron chi connectivity index (χ4n) is 2.34. The first-order chi connectivity index (χ1) is 13.0. The number of aliphatic imine (C=N–C) groups is 1. The van der Waals surface area contributed by atoms with E-state index in [2.05, 4.69) is 32.3 Å². The lowest BCUT2D eigenvalue weighted by Crippen LogP contribution is -2.37. The van der Waals surface area contributed by atoms with Crippen LogP contribution in [-0.4, -0.2) is 38.3 Å². The van der Waals surface area contributed by atoms with E-state index in [1.807, 2.05) is 6.20 Å². The number of guanidine groups is 1. The van der Waals surface area contributed by atoms with Crippen molar-refractivity contribution in [1.29, 1.82) is 0 Å². The molecule has 0 aliphatic rings. The number of halogens is 2. The maximum Gasteiger partial charge on any atom is 0.387 e. The number of hydrogen-bond acceptors (Lipinski definition) is 5. The lowest BCUT2D eigenvalue weighted by Gasteiger charge is -2.14. The fourth-order valence-corrected chi connectivity index (χ4v) is 3.20. The molecule has 1 heterocycles. The molecule has 0 aliphatic carbocycles. The van der Waals surface area contributed by atoms with Crippen LogP contribution in [0.2, 0.25) is 0 Å². The summed E-state index contributed by atoms with van der Waals surface area (Å²) in [6.07, 6.45) is 3.71. The second-order valence-electron chi connectivity index (χ2n) is 5.54. The third kappa shape index (κ3) is 6.67. The number of alkyl halides is 2. The van der Waals surface area contributed by atoms with Crippen LogP contribution < -0.4 is 20.1 Å². The molecule has 148 valence electrons. The van der Waals surface area contributed by atoms with Gasteiger partial charge in [0.1, 0.15) is 0 Å². The summed E-state index contributed by atoms with van der Waals surface area (Å²) in [6.45, 7) is 0.299. The summed E-state index contributed by atoms with van der Waals surface area (Å²) in [5, 5.41) is 7.44. The molecule has 0 amide bonds. The predicted octanol–water partition coefficient (Wildman–Crippen LogP) is 3.22. The van der Waals surface area contributed by atoms with E-state index in [1.54, 1.807) is 30.5 Å². The zero-order valence-electron chi connectivity index (χ0n) is 15.6. The van der Waals surface area contributed by atoms with Crippen molar-refractivity contribution in [1.82, 2.24) is 15.6 Å². The third-order valence-electron chi connectivity index (χ3n) is 3.71. The molecule has 0 saturated carbocycles. The fraction of sp³-hybridized carbons (Fsp3) is 0.444. The van der Waals surface area contributed by atoms with Gasteiger partial charge in [-0.3, -0.25) is 4.99 Å². The molecule has 0 bridgehead atoms. The van der Waals surface area contributed by atoms with Gasteiger partial charge in [-0.25, -0.2) is 4.98 Å². The van der Waals surface area contributed by atoms with E-state index in [0.29, 0.717) is 19.0 Å². The van der Waals surface area contributed by atoms with Gasteiger partial charge in [0, 0.05) is 37.6 Å². The number of benzene rings is 1. The largest absolute Gasteiger partial charge is 0.493 e. The molecule has 27 heavy (non-hydrogen) atoms. The molecule has 0 saturated heterocycles. The molecule has 0 aliphatic heterocycles. The second-order valence-corrected chi connectivity index (χ2v) is 6.74. The highest BCUT2D eigenvalue weighted by atomic mass is 32.1. The van der Waals surface area contributed by atoms with E-state index in [1.165, 1.54) is 18.1 Å². The minimum absolute atomic E-state index is 0.00486. The van der Waals surface area contributed by atoms with Crippen molar-refractivity contribution in [2.75, 3.05) is 20.7 Å². The van der Waals surface area contributed by atoms with Crippen LogP contribution in [0.3, 0.4) is 0 Å². The number of nitrogens with zero attached hydrogens (tertiary/aromatic N) is 2. The molecule has 0 spiro atoms. The molecule has 6 nitrogen and oxygen atoms in total. The van der Waals surface area contributed by atoms with Gasteiger partial charge in [0.15, 0.2) is 17.5 Å². The van der Waals surface area contributed by atoms with Gasteiger partial charge in [-0.15, -0.1) is 11.3 Å². The molecule has 0 fully saturated rings. The Bertz CT molecular complexity index is 753. The first kappa shape index (κ1) is 20.9. The molecule has 9 heteroatoms. The van der Waals surface area contributed by atoms with Crippen LogP contribution in [-0.2, 0) is 19.4 Å². The zero-order valence-corrected chi connectivity index (χ0v) is 16.4. The summed E-state index contributed by atoms with van der Waals surface area (Å²) in [7, 11) is 3.08. The third-order valence-corrected chi connectivity index (χ3v) is 4.91. The SMILES string of the molecule is CCc1cnc(CCNC(=NC)NCc2ccc(OC)c(OC(F)F)c2)s1. The van der Waals surface area contributed by atoms with Crippen LogP contribution in [0.1, 0.15) is 22.4 Å². The first-order valence-electron chi connectivity index (χ1n) is 8.55. The highest BCUT2D eigenvalue weighted by Crippen LogP contribution is 2.29. The number of hydrogen-bond donors (Lipinski definition) is 2. The van der Waals surface area contributed by atoms with Gasteiger partial charge >= 0.3 is 6.61 Å². The van der Waals surface area contributed by atoms with Gasteiger partial charge in [0.05, 0.1) is 12.1 Å². The normalized spacial score (nSPS) is 11.6. The number of ether oxygens (including phenoxy) is 2. The van der Waals surface area contributed by atoms with Gasteiger partial charge in [-0.1, -0.05) is 13.0 Å². The Morgan fingerprint density at radius 1 is 1.30 bits per heavy atom. The molecule has 0 atom stereocenters. The van der Waals surface area contributed by atoms with E-state index < -0.39 is 6.61 Å². The van der Waals surface area contributed by atoms with Crippen LogP contribution in [0.25, 0.3) is 0 Å². The van der Waals surface area contributed by atoms with Crippen LogP contribution in [0.5, 0.6) is 11.5 Å². The van der Waals surface area contributed by atoms with Crippen molar-refractivity contribution in [3.05, 3.63) is 39.8 Å².